The molecule has 1 aliphatic carbocycles. The van der Waals surface area contributed by atoms with E-state index in [1.54, 1.807) is 0 Å². The Morgan fingerprint density at radius 1 is 1.18 bits per heavy atom. The zero-order chi connectivity index (χ0) is 11.8. The van der Waals surface area contributed by atoms with Gasteiger partial charge in [0.05, 0.1) is 18.1 Å². The number of hydrogen-bond donors (Lipinski definition) is 3. The molecule has 3 rings (SSSR count). The fraction of sp³-hybridized carbons (Fsp3) is 0.923. The lowest BCUT2D eigenvalue weighted by atomic mass is 9.87. The first-order valence-electron chi connectivity index (χ1n) is 6.98. The maximum absolute atomic E-state index is 12.2. The molecular formula is C13H22N2O2. The number of aliphatic hydroxyl groups is 1. The van der Waals surface area contributed by atoms with Gasteiger partial charge in [-0.1, -0.05) is 12.8 Å². The van der Waals surface area contributed by atoms with Crippen LogP contribution >= 0.6 is 0 Å². The Morgan fingerprint density at radius 3 is 2.65 bits per heavy atom. The first-order chi connectivity index (χ1) is 8.24. The maximum Gasteiger partial charge on any atom is 0.225 e. The largest absolute Gasteiger partial charge is 0.391 e. The topological polar surface area (TPSA) is 61.4 Å². The van der Waals surface area contributed by atoms with Crippen LogP contribution in [0.1, 0.15) is 44.9 Å². The zero-order valence-electron chi connectivity index (χ0n) is 10.2. The standard InChI is InChI=1S/C13H22N2O2/c16-12-4-2-1-3-11(12)15-13(17)9-7-8-5-6-10(9)14-8/h8-12,14,16H,1-7H2,(H,15,17). The number of nitrogens with one attached hydrogen (secondary N) is 2. The summed E-state index contributed by atoms with van der Waals surface area (Å²) in [6, 6.07) is 0.947. The highest BCUT2D eigenvalue weighted by molar-refractivity contribution is 5.80. The van der Waals surface area contributed by atoms with Gasteiger partial charge in [-0.25, -0.2) is 0 Å². The van der Waals surface area contributed by atoms with Crippen molar-refractivity contribution in [2.24, 2.45) is 5.92 Å². The van der Waals surface area contributed by atoms with Crippen molar-refractivity contribution in [2.75, 3.05) is 0 Å². The van der Waals surface area contributed by atoms with Gasteiger partial charge in [0, 0.05) is 12.1 Å². The van der Waals surface area contributed by atoms with E-state index in [0.717, 1.165) is 38.5 Å². The predicted molar refractivity (Wildman–Crippen MR) is 64.5 cm³/mol. The van der Waals surface area contributed by atoms with E-state index < -0.39 is 0 Å². The van der Waals surface area contributed by atoms with Crippen molar-refractivity contribution in [3.63, 3.8) is 0 Å². The number of carbonyl (C=O) groups is 1. The van der Waals surface area contributed by atoms with E-state index in [4.69, 9.17) is 0 Å². The van der Waals surface area contributed by atoms with Crippen molar-refractivity contribution >= 4 is 5.91 Å². The summed E-state index contributed by atoms with van der Waals surface area (Å²) in [6.45, 7) is 0. The van der Waals surface area contributed by atoms with Crippen LogP contribution in [0.25, 0.3) is 0 Å². The lowest BCUT2D eigenvalue weighted by Crippen LogP contribution is -2.48. The van der Waals surface area contributed by atoms with Crippen LogP contribution in [0.5, 0.6) is 0 Å². The number of carbonyl (C=O) groups excluding carboxylic acids is 1. The van der Waals surface area contributed by atoms with Gasteiger partial charge in [0.1, 0.15) is 0 Å². The van der Waals surface area contributed by atoms with E-state index in [2.05, 4.69) is 10.6 Å². The number of fused-ring (bicyclic) bond motifs is 2. The average molecular weight is 238 g/mol. The fourth-order valence-corrected chi connectivity index (χ4v) is 3.68. The molecule has 1 saturated carbocycles. The second-order valence-electron chi connectivity index (χ2n) is 5.86. The third kappa shape index (κ3) is 2.20. The van der Waals surface area contributed by atoms with Crippen LogP contribution in [0, 0.1) is 5.92 Å². The van der Waals surface area contributed by atoms with Gasteiger partial charge >= 0.3 is 0 Å². The molecule has 0 spiro atoms. The quantitative estimate of drug-likeness (QED) is 0.658. The van der Waals surface area contributed by atoms with Crippen LogP contribution in [0.4, 0.5) is 0 Å². The van der Waals surface area contributed by atoms with E-state index in [1.807, 2.05) is 0 Å². The lowest BCUT2D eigenvalue weighted by Gasteiger charge is -2.30. The molecule has 2 saturated heterocycles. The molecule has 17 heavy (non-hydrogen) atoms. The molecule has 3 N–H and O–H groups in total. The van der Waals surface area contributed by atoms with Crippen LogP contribution in [0.15, 0.2) is 0 Å². The highest BCUT2D eigenvalue weighted by Gasteiger charge is 2.43. The Morgan fingerprint density at radius 2 is 2.00 bits per heavy atom. The monoisotopic (exact) mass is 238 g/mol. The Balaban J connectivity index is 1.56. The summed E-state index contributed by atoms with van der Waals surface area (Å²) < 4.78 is 0. The van der Waals surface area contributed by atoms with E-state index >= 15 is 0 Å². The molecule has 0 aromatic carbocycles. The van der Waals surface area contributed by atoms with Crippen molar-refractivity contribution in [3.05, 3.63) is 0 Å². The molecule has 4 nitrogen and oxygen atoms in total. The second-order valence-corrected chi connectivity index (χ2v) is 5.86. The van der Waals surface area contributed by atoms with Crippen molar-refractivity contribution in [3.8, 4) is 0 Å². The molecule has 0 aromatic heterocycles. The smallest absolute Gasteiger partial charge is 0.225 e. The van der Waals surface area contributed by atoms with Crippen LogP contribution in [-0.2, 0) is 4.79 Å². The molecule has 3 fully saturated rings. The SMILES string of the molecule is O=C(NC1CCCCC1O)C1CC2CCC1N2. The van der Waals surface area contributed by atoms with Gasteiger partial charge in [0.2, 0.25) is 5.91 Å². The highest BCUT2D eigenvalue weighted by atomic mass is 16.3. The Hall–Kier alpha value is -0.610. The molecule has 3 aliphatic rings. The van der Waals surface area contributed by atoms with Crippen molar-refractivity contribution in [1.82, 2.24) is 10.6 Å². The second kappa shape index (κ2) is 4.58. The zero-order valence-corrected chi connectivity index (χ0v) is 10.2. The first-order valence-corrected chi connectivity index (χ1v) is 6.98. The summed E-state index contributed by atoms with van der Waals surface area (Å²) in [5.41, 5.74) is 0. The summed E-state index contributed by atoms with van der Waals surface area (Å²) in [4.78, 5) is 12.2. The minimum absolute atomic E-state index is 0.00428. The summed E-state index contributed by atoms with van der Waals surface area (Å²) in [5, 5.41) is 16.4. The third-order valence-corrected chi connectivity index (χ3v) is 4.69. The van der Waals surface area contributed by atoms with Crippen molar-refractivity contribution in [2.45, 2.75) is 69.2 Å². The average Bonchev–Trinajstić information content (AvgIpc) is 2.94. The Kier molecular flexibility index (Phi) is 3.09. The maximum atomic E-state index is 12.2. The summed E-state index contributed by atoms with van der Waals surface area (Å²) in [5.74, 6) is 0.304. The minimum Gasteiger partial charge on any atom is -0.391 e. The molecular weight excluding hydrogens is 216 g/mol. The number of aliphatic hydroxyl groups excluding tert-OH is 1. The fourth-order valence-electron chi connectivity index (χ4n) is 3.68. The summed E-state index contributed by atoms with van der Waals surface area (Å²) in [6.07, 6.45) is 6.98. The molecule has 0 radical (unpaired) electrons. The third-order valence-electron chi connectivity index (χ3n) is 4.69. The number of amides is 1. The molecule has 96 valence electrons. The number of rotatable bonds is 2. The van der Waals surface area contributed by atoms with Crippen molar-refractivity contribution < 1.29 is 9.90 Å². The van der Waals surface area contributed by atoms with E-state index in [1.165, 1.54) is 6.42 Å². The number of hydrogen-bond acceptors (Lipinski definition) is 3. The molecule has 4 heteroatoms. The van der Waals surface area contributed by atoms with Gasteiger partial charge in [-0.2, -0.15) is 0 Å². The summed E-state index contributed by atoms with van der Waals surface area (Å²) >= 11 is 0. The molecule has 5 unspecified atom stereocenters. The highest BCUT2D eigenvalue weighted by Crippen LogP contribution is 2.33. The summed E-state index contributed by atoms with van der Waals surface area (Å²) in [7, 11) is 0. The van der Waals surface area contributed by atoms with E-state index in [0.29, 0.717) is 12.1 Å². The van der Waals surface area contributed by atoms with Crippen LogP contribution in [-0.4, -0.2) is 35.2 Å². The van der Waals surface area contributed by atoms with Crippen LogP contribution < -0.4 is 10.6 Å². The van der Waals surface area contributed by atoms with Gasteiger partial charge in [0.25, 0.3) is 0 Å². The molecule has 5 atom stereocenters. The molecule has 0 aromatic rings. The van der Waals surface area contributed by atoms with Crippen molar-refractivity contribution in [1.29, 1.82) is 0 Å². The van der Waals surface area contributed by atoms with E-state index in [-0.39, 0.29) is 24.0 Å². The Bertz CT molecular complexity index is 308. The molecule has 2 bridgehead atoms. The van der Waals surface area contributed by atoms with Gasteiger partial charge in [0.15, 0.2) is 0 Å². The lowest BCUT2D eigenvalue weighted by molar-refractivity contribution is -0.127. The Labute approximate surface area is 102 Å². The van der Waals surface area contributed by atoms with Crippen LogP contribution in [0.2, 0.25) is 0 Å². The first kappa shape index (κ1) is 11.5. The molecule has 1 amide bonds. The molecule has 2 aliphatic heterocycles. The molecule has 2 heterocycles. The normalized spacial score (nSPS) is 44.9. The van der Waals surface area contributed by atoms with Gasteiger partial charge < -0.3 is 15.7 Å². The van der Waals surface area contributed by atoms with E-state index in [9.17, 15) is 9.90 Å². The predicted octanol–water partition coefficient (Wildman–Crippen LogP) is 0.547. The van der Waals surface area contributed by atoms with Gasteiger partial charge in [-0.15, -0.1) is 0 Å². The van der Waals surface area contributed by atoms with Gasteiger partial charge in [-0.3, -0.25) is 4.79 Å². The minimum atomic E-state index is -0.334. The van der Waals surface area contributed by atoms with Crippen LogP contribution in [0.3, 0.4) is 0 Å². The van der Waals surface area contributed by atoms with Gasteiger partial charge in [-0.05, 0) is 32.1 Å².